The van der Waals surface area contributed by atoms with Crippen LogP contribution < -0.4 is 0 Å². The van der Waals surface area contributed by atoms with Crippen molar-refractivity contribution in [1.29, 1.82) is 0 Å². The number of carbonyl (C=O) groups excluding carboxylic acids is 1. The summed E-state index contributed by atoms with van der Waals surface area (Å²) in [4.78, 5) is 10.8. The summed E-state index contributed by atoms with van der Waals surface area (Å²) in [5.74, 6) is -0.309. The van der Waals surface area contributed by atoms with Crippen LogP contribution in [0.25, 0.3) is 0 Å². The molecule has 0 radical (unpaired) electrons. The van der Waals surface area contributed by atoms with Gasteiger partial charge in [0.15, 0.2) is 9.76 Å². The third kappa shape index (κ3) is 15.3. The van der Waals surface area contributed by atoms with Gasteiger partial charge in [-0.15, -0.1) is 0 Å². The van der Waals surface area contributed by atoms with E-state index in [1.165, 1.54) is 57.1 Å². The van der Waals surface area contributed by atoms with Crippen LogP contribution in [0.2, 0.25) is 6.04 Å². The van der Waals surface area contributed by atoms with Crippen LogP contribution in [0.3, 0.4) is 0 Å². The summed E-state index contributed by atoms with van der Waals surface area (Å²) in [6.07, 6.45) is 12.7. The maximum atomic E-state index is 10.8. The minimum atomic E-state index is -0.309. The van der Waals surface area contributed by atoms with Gasteiger partial charge in [-0.2, -0.15) is 0 Å². The minimum absolute atomic E-state index is 0.184. The first-order chi connectivity index (χ1) is 9.31. The predicted molar refractivity (Wildman–Crippen MR) is 83.1 cm³/mol. The third-order valence-electron chi connectivity index (χ3n) is 3.15. The summed E-state index contributed by atoms with van der Waals surface area (Å²) in [7, 11) is 1.64. The van der Waals surface area contributed by atoms with Gasteiger partial charge in [-0.1, -0.05) is 57.9 Å². The van der Waals surface area contributed by atoms with Crippen LogP contribution >= 0.6 is 0 Å². The fourth-order valence-electron chi connectivity index (χ4n) is 1.99. The number of hydrogen-bond donors (Lipinski definition) is 0. The van der Waals surface area contributed by atoms with Gasteiger partial charge < -0.3 is 9.16 Å². The molecule has 0 aromatic heterocycles. The molecule has 0 saturated heterocycles. The van der Waals surface area contributed by atoms with Crippen LogP contribution in [-0.4, -0.2) is 29.4 Å². The van der Waals surface area contributed by atoms with Gasteiger partial charge in [-0.05, 0) is 12.5 Å². The molecule has 0 spiro atoms. The molecular formula is C15H30O3Si. The maximum absolute atomic E-state index is 10.8. The Bertz CT molecular complexity index is 219. The molecule has 0 fully saturated rings. The van der Waals surface area contributed by atoms with Gasteiger partial charge in [-0.25, -0.2) is 4.79 Å². The van der Waals surface area contributed by atoms with Gasteiger partial charge in [-0.3, -0.25) is 0 Å². The summed E-state index contributed by atoms with van der Waals surface area (Å²) in [6.45, 7) is 3.90. The predicted octanol–water partition coefficient (Wildman–Crippen LogP) is 3.38. The van der Waals surface area contributed by atoms with E-state index in [4.69, 9.17) is 9.16 Å². The molecule has 0 unspecified atom stereocenters. The van der Waals surface area contributed by atoms with Gasteiger partial charge in [0.25, 0.3) is 0 Å². The van der Waals surface area contributed by atoms with Crippen LogP contribution in [0.1, 0.15) is 57.8 Å². The number of hydrogen-bond acceptors (Lipinski definition) is 3. The van der Waals surface area contributed by atoms with Crippen molar-refractivity contribution < 1.29 is 14.0 Å². The number of esters is 1. The lowest BCUT2D eigenvalue weighted by molar-refractivity contribution is -0.137. The smallest absolute Gasteiger partial charge is 0.330 e. The lowest BCUT2D eigenvalue weighted by atomic mass is 10.1. The molecule has 0 saturated carbocycles. The molecule has 0 aromatic carbocycles. The van der Waals surface area contributed by atoms with E-state index in [0.29, 0.717) is 6.61 Å². The lowest BCUT2D eigenvalue weighted by Crippen LogP contribution is -2.01. The molecule has 0 aliphatic rings. The Balaban J connectivity index is 2.99. The van der Waals surface area contributed by atoms with Crippen molar-refractivity contribution in [2.24, 2.45) is 0 Å². The second kappa shape index (κ2) is 15.4. The number of unbranched alkanes of at least 4 members (excludes halogenated alkanes) is 8. The average Bonchev–Trinajstić information content (AvgIpc) is 2.43. The highest BCUT2D eigenvalue weighted by molar-refractivity contribution is 6.26. The Morgan fingerprint density at radius 3 is 2.05 bits per heavy atom. The summed E-state index contributed by atoms with van der Waals surface area (Å²) < 4.78 is 10.1. The maximum Gasteiger partial charge on any atom is 0.330 e. The van der Waals surface area contributed by atoms with Crippen molar-refractivity contribution >= 4 is 15.7 Å². The second-order valence-electron chi connectivity index (χ2n) is 4.90. The van der Waals surface area contributed by atoms with Gasteiger partial charge in [0.05, 0.1) is 6.61 Å². The Morgan fingerprint density at radius 2 is 1.53 bits per heavy atom. The normalized spacial score (nSPS) is 11.0. The monoisotopic (exact) mass is 286 g/mol. The largest absolute Gasteiger partial charge is 0.463 e. The Hall–Kier alpha value is -0.613. The number of rotatable bonds is 14. The average molecular weight is 286 g/mol. The van der Waals surface area contributed by atoms with Crippen LogP contribution in [0.5, 0.6) is 0 Å². The van der Waals surface area contributed by atoms with E-state index >= 15 is 0 Å². The Labute approximate surface area is 120 Å². The van der Waals surface area contributed by atoms with E-state index < -0.39 is 0 Å². The van der Waals surface area contributed by atoms with Gasteiger partial charge >= 0.3 is 5.97 Å². The Morgan fingerprint density at radius 1 is 1.00 bits per heavy atom. The summed E-state index contributed by atoms with van der Waals surface area (Å²) in [5, 5.41) is 0. The molecule has 0 atom stereocenters. The second-order valence-corrected chi connectivity index (χ2v) is 6.59. The van der Waals surface area contributed by atoms with Crippen LogP contribution in [-0.2, 0) is 14.0 Å². The van der Waals surface area contributed by atoms with Crippen LogP contribution in [0.15, 0.2) is 12.7 Å². The van der Waals surface area contributed by atoms with Crippen molar-refractivity contribution in [2.75, 3.05) is 13.7 Å². The molecule has 0 aliphatic carbocycles. The zero-order valence-electron chi connectivity index (χ0n) is 12.5. The topological polar surface area (TPSA) is 35.5 Å². The molecule has 4 heteroatoms. The first kappa shape index (κ1) is 18.4. The zero-order chi connectivity index (χ0) is 14.2. The molecule has 0 rings (SSSR count). The first-order valence-corrected chi connectivity index (χ1v) is 9.17. The minimum Gasteiger partial charge on any atom is -0.463 e. The highest BCUT2D eigenvalue weighted by Gasteiger charge is 1.96. The van der Waals surface area contributed by atoms with Crippen molar-refractivity contribution in [2.45, 2.75) is 63.8 Å². The van der Waals surface area contributed by atoms with Crippen molar-refractivity contribution in [3.8, 4) is 0 Å². The van der Waals surface area contributed by atoms with Crippen LogP contribution in [0.4, 0.5) is 0 Å². The van der Waals surface area contributed by atoms with Crippen molar-refractivity contribution in [1.82, 2.24) is 0 Å². The van der Waals surface area contributed by atoms with E-state index in [0.717, 1.165) is 12.8 Å². The van der Waals surface area contributed by atoms with Gasteiger partial charge in [0.2, 0.25) is 0 Å². The zero-order valence-corrected chi connectivity index (χ0v) is 13.9. The summed E-state index contributed by atoms with van der Waals surface area (Å²) in [5.41, 5.74) is 0. The number of carbonyl (C=O) groups is 1. The highest BCUT2D eigenvalue weighted by atomic mass is 28.2. The standard InChI is InChI=1S/C15H30O3Si/c1-3-15(16)18-13-11-9-7-5-4-6-8-10-12-14-19-17-2/h3H,1,4-14,19H2,2H3. The molecule has 0 heterocycles. The van der Waals surface area contributed by atoms with E-state index in [-0.39, 0.29) is 15.7 Å². The van der Waals surface area contributed by atoms with Crippen molar-refractivity contribution in [3.63, 3.8) is 0 Å². The molecule has 0 N–H and O–H groups in total. The van der Waals surface area contributed by atoms with Crippen molar-refractivity contribution in [3.05, 3.63) is 12.7 Å². The fraction of sp³-hybridized carbons (Fsp3) is 0.800. The summed E-state index contributed by atoms with van der Waals surface area (Å²) >= 11 is 0. The Kier molecular flexibility index (Phi) is 14.9. The quantitative estimate of drug-likeness (QED) is 0.212. The molecule has 3 nitrogen and oxygen atoms in total. The van der Waals surface area contributed by atoms with Crippen LogP contribution in [0, 0.1) is 0 Å². The van der Waals surface area contributed by atoms with Gasteiger partial charge in [0.1, 0.15) is 0 Å². The van der Waals surface area contributed by atoms with E-state index in [9.17, 15) is 4.79 Å². The molecule has 19 heavy (non-hydrogen) atoms. The molecule has 0 amide bonds. The van der Waals surface area contributed by atoms with E-state index in [1.54, 1.807) is 0 Å². The molecule has 0 aliphatic heterocycles. The molecule has 112 valence electrons. The van der Waals surface area contributed by atoms with Gasteiger partial charge in [0, 0.05) is 13.2 Å². The molecule has 0 aromatic rings. The summed E-state index contributed by atoms with van der Waals surface area (Å²) in [6, 6.07) is 1.33. The lowest BCUT2D eigenvalue weighted by Gasteiger charge is -2.03. The highest BCUT2D eigenvalue weighted by Crippen LogP contribution is 2.10. The SMILES string of the molecule is C=CC(=O)OCCCCCCCCCCC[SiH2]OC. The first-order valence-electron chi connectivity index (χ1n) is 7.59. The fourth-order valence-corrected chi connectivity index (χ4v) is 2.84. The van der Waals surface area contributed by atoms with E-state index in [2.05, 4.69) is 6.58 Å². The van der Waals surface area contributed by atoms with E-state index in [1.807, 2.05) is 7.11 Å². The third-order valence-corrected chi connectivity index (χ3v) is 4.35. The number of ether oxygens (including phenoxy) is 1. The molecular weight excluding hydrogens is 256 g/mol. The molecule has 0 bridgehead atoms.